The molecule has 1 heterocycles. The Balaban J connectivity index is 2.36. The summed E-state index contributed by atoms with van der Waals surface area (Å²) in [6.45, 7) is 6.86. The van der Waals surface area contributed by atoms with Crippen molar-refractivity contribution in [2.24, 2.45) is 11.3 Å². The maximum atomic E-state index is 5.99. The lowest BCUT2D eigenvalue weighted by molar-refractivity contribution is 0.523. The van der Waals surface area contributed by atoms with Gasteiger partial charge in [0.25, 0.3) is 0 Å². The standard InChI is InChI=1S/C11H14Cl2S/c1-10(2)8(5-12)11(10,3)7-4-9(13)14-6-7/h4,6,8H,5H2,1-3H3. The Bertz CT molecular complexity index is 356. The van der Waals surface area contributed by atoms with Gasteiger partial charge in [0.1, 0.15) is 0 Å². The molecule has 0 aliphatic heterocycles. The molecule has 2 rings (SSSR count). The molecule has 0 N–H and O–H groups in total. The molecule has 78 valence electrons. The van der Waals surface area contributed by atoms with E-state index in [2.05, 4.69) is 32.2 Å². The predicted molar refractivity (Wildman–Crippen MR) is 64.7 cm³/mol. The molecule has 1 fully saturated rings. The van der Waals surface area contributed by atoms with E-state index in [0.717, 1.165) is 10.2 Å². The highest BCUT2D eigenvalue weighted by Crippen LogP contribution is 2.69. The zero-order chi connectivity index (χ0) is 10.6. The topological polar surface area (TPSA) is 0 Å². The van der Waals surface area contributed by atoms with Crippen LogP contribution >= 0.6 is 34.5 Å². The van der Waals surface area contributed by atoms with Crippen LogP contribution in [0, 0.1) is 11.3 Å². The molecular weight excluding hydrogens is 235 g/mol. The van der Waals surface area contributed by atoms with Gasteiger partial charge >= 0.3 is 0 Å². The molecule has 0 saturated heterocycles. The van der Waals surface area contributed by atoms with Gasteiger partial charge in [-0.05, 0) is 28.3 Å². The molecule has 0 radical (unpaired) electrons. The minimum Gasteiger partial charge on any atom is -0.132 e. The van der Waals surface area contributed by atoms with Gasteiger partial charge in [0.2, 0.25) is 0 Å². The fourth-order valence-corrected chi connectivity index (χ4v) is 4.30. The van der Waals surface area contributed by atoms with E-state index in [4.69, 9.17) is 23.2 Å². The van der Waals surface area contributed by atoms with Crippen molar-refractivity contribution in [3.8, 4) is 0 Å². The van der Waals surface area contributed by atoms with Crippen LogP contribution in [0.25, 0.3) is 0 Å². The number of thiophene rings is 1. The van der Waals surface area contributed by atoms with Crippen LogP contribution in [0.15, 0.2) is 11.4 Å². The van der Waals surface area contributed by atoms with Crippen molar-refractivity contribution < 1.29 is 0 Å². The van der Waals surface area contributed by atoms with Crippen LogP contribution in [0.2, 0.25) is 4.34 Å². The maximum absolute atomic E-state index is 5.99. The third-order valence-corrected chi connectivity index (χ3v) is 5.54. The average molecular weight is 249 g/mol. The van der Waals surface area contributed by atoms with Gasteiger partial charge in [0, 0.05) is 11.3 Å². The van der Waals surface area contributed by atoms with Gasteiger partial charge in [-0.2, -0.15) is 0 Å². The molecule has 1 aromatic rings. The van der Waals surface area contributed by atoms with E-state index < -0.39 is 0 Å². The minimum absolute atomic E-state index is 0.221. The third-order valence-electron chi connectivity index (χ3n) is 4.14. The number of hydrogen-bond donors (Lipinski definition) is 0. The molecule has 0 spiro atoms. The van der Waals surface area contributed by atoms with Gasteiger partial charge < -0.3 is 0 Å². The molecule has 14 heavy (non-hydrogen) atoms. The van der Waals surface area contributed by atoms with Crippen LogP contribution < -0.4 is 0 Å². The van der Waals surface area contributed by atoms with Crippen molar-refractivity contribution in [2.75, 3.05) is 5.88 Å². The van der Waals surface area contributed by atoms with Crippen molar-refractivity contribution in [3.05, 3.63) is 21.3 Å². The lowest BCUT2D eigenvalue weighted by atomic mass is 9.92. The summed E-state index contributed by atoms with van der Waals surface area (Å²) in [5, 5.41) is 2.16. The van der Waals surface area contributed by atoms with Crippen LogP contribution in [0.1, 0.15) is 26.3 Å². The van der Waals surface area contributed by atoms with Crippen LogP contribution in [-0.4, -0.2) is 5.88 Å². The molecule has 0 bridgehead atoms. The molecule has 2 unspecified atom stereocenters. The van der Waals surface area contributed by atoms with Crippen molar-refractivity contribution in [3.63, 3.8) is 0 Å². The van der Waals surface area contributed by atoms with Gasteiger partial charge in [-0.25, -0.2) is 0 Å². The lowest BCUT2D eigenvalue weighted by Gasteiger charge is -2.12. The summed E-state index contributed by atoms with van der Waals surface area (Å²) in [4.78, 5) is 0. The Morgan fingerprint density at radius 1 is 1.43 bits per heavy atom. The summed E-state index contributed by atoms with van der Waals surface area (Å²) in [5.74, 6) is 1.30. The summed E-state index contributed by atoms with van der Waals surface area (Å²) in [6.07, 6.45) is 0. The monoisotopic (exact) mass is 248 g/mol. The molecule has 1 aliphatic rings. The fraction of sp³-hybridized carbons (Fsp3) is 0.636. The van der Waals surface area contributed by atoms with Crippen LogP contribution in [0.3, 0.4) is 0 Å². The number of halogens is 2. The summed E-state index contributed by atoms with van der Waals surface area (Å²) in [7, 11) is 0. The van der Waals surface area contributed by atoms with Crippen molar-refractivity contribution in [1.29, 1.82) is 0 Å². The number of alkyl halides is 1. The lowest BCUT2D eigenvalue weighted by Crippen LogP contribution is -2.08. The first-order chi connectivity index (χ1) is 6.44. The smallest absolute Gasteiger partial charge is 0.0931 e. The number of hydrogen-bond acceptors (Lipinski definition) is 1. The first-order valence-electron chi connectivity index (χ1n) is 4.75. The van der Waals surface area contributed by atoms with Gasteiger partial charge in [0.15, 0.2) is 0 Å². The Hall–Kier alpha value is 0.280. The second kappa shape index (κ2) is 3.13. The van der Waals surface area contributed by atoms with E-state index >= 15 is 0 Å². The van der Waals surface area contributed by atoms with E-state index in [1.165, 1.54) is 5.56 Å². The van der Waals surface area contributed by atoms with Gasteiger partial charge in [0.05, 0.1) is 4.34 Å². The second-order valence-corrected chi connectivity index (χ2v) is 6.62. The SMILES string of the molecule is CC1(C)C(CCl)C1(C)c1csc(Cl)c1. The van der Waals surface area contributed by atoms with Crippen molar-refractivity contribution in [1.82, 2.24) is 0 Å². The normalized spacial score (nSPS) is 34.5. The molecule has 0 amide bonds. The van der Waals surface area contributed by atoms with Crippen LogP contribution in [-0.2, 0) is 5.41 Å². The van der Waals surface area contributed by atoms with Crippen molar-refractivity contribution in [2.45, 2.75) is 26.2 Å². The van der Waals surface area contributed by atoms with Gasteiger partial charge in [-0.1, -0.05) is 32.4 Å². The van der Waals surface area contributed by atoms with E-state index in [1.54, 1.807) is 11.3 Å². The highest BCUT2D eigenvalue weighted by molar-refractivity contribution is 7.14. The first kappa shape index (κ1) is 10.8. The summed E-state index contributed by atoms with van der Waals surface area (Å²) in [5.41, 5.74) is 1.88. The maximum Gasteiger partial charge on any atom is 0.0931 e. The second-order valence-electron chi connectivity index (χ2n) is 4.77. The molecule has 0 aromatic carbocycles. The molecule has 3 heteroatoms. The molecule has 1 saturated carbocycles. The first-order valence-corrected chi connectivity index (χ1v) is 6.54. The zero-order valence-electron chi connectivity index (χ0n) is 8.60. The van der Waals surface area contributed by atoms with Crippen molar-refractivity contribution >= 4 is 34.5 Å². The third kappa shape index (κ3) is 1.19. The number of rotatable bonds is 2. The highest BCUT2D eigenvalue weighted by atomic mass is 35.5. The summed E-state index contributed by atoms with van der Waals surface area (Å²) < 4.78 is 0.872. The Morgan fingerprint density at radius 2 is 2.07 bits per heavy atom. The van der Waals surface area contributed by atoms with Gasteiger partial charge in [-0.3, -0.25) is 0 Å². The largest absolute Gasteiger partial charge is 0.132 e. The van der Waals surface area contributed by atoms with E-state index in [-0.39, 0.29) is 5.41 Å². The quantitative estimate of drug-likeness (QED) is 0.674. The minimum atomic E-state index is 0.221. The fourth-order valence-electron chi connectivity index (χ4n) is 2.60. The Labute approximate surface area is 99.2 Å². The van der Waals surface area contributed by atoms with Crippen LogP contribution in [0.5, 0.6) is 0 Å². The Kier molecular flexibility index (Phi) is 2.41. The highest BCUT2D eigenvalue weighted by Gasteiger charge is 2.67. The molecule has 1 aliphatic carbocycles. The Morgan fingerprint density at radius 3 is 2.43 bits per heavy atom. The van der Waals surface area contributed by atoms with E-state index in [1.807, 2.05) is 0 Å². The molecule has 1 aromatic heterocycles. The summed E-state index contributed by atoms with van der Waals surface area (Å²) >= 11 is 13.6. The predicted octanol–water partition coefficient (Wildman–Crippen LogP) is 4.55. The van der Waals surface area contributed by atoms with E-state index in [9.17, 15) is 0 Å². The van der Waals surface area contributed by atoms with E-state index in [0.29, 0.717) is 11.3 Å². The summed E-state index contributed by atoms with van der Waals surface area (Å²) in [6, 6.07) is 2.08. The average Bonchev–Trinajstić information content (AvgIpc) is 2.49. The molecule has 0 nitrogen and oxygen atoms in total. The molecular formula is C11H14Cl2S. The zero-order valence-corrected chi connectivity index (χ0v) is 10.9. The van der Waals surface area contributed by atoms with Gasteiger partial charge in [-0.15, -0.1) is 22.9 Å². The van der Waals surface area contributed by atoms with Crippen LogP contribution in [0.4, 0.5) is 0 Å². The molecule has 2 atom stereocenters.